The summed E-state index contributed by atoms with van der Waals surface area (Å²) in [5, 5.41) is 13.3. The number of nitrogens with zero attached hydrogens (tertiary/aromatic N) is 2. The monoisotopic (exact) mass is 438 g/mol. The van der Waals surface area contributed by atoms with Gasteiger partial charge in [-0.25, -0.2) is 8.42 Å². The number of benzene rings is 2. The summed E-state index contributed by atoms with van der Waals surface area (Å²) in [6.07, 6.45) is 3.52. The van der Waals surface area contributed by atoms with Gasteiger partial charge in [0.25, 0.3) is 0 Å². The van der Waals surface area contributed by atoms with Crippen LogP contribution in [0.3, 0.4) is 0 Å². The number of aromatic amines is 1. The Hall–Kier alpha value is -3.00. The van der Waals surface area contributed by atoms with Crippen LogP contribution in [0.4, 0.5) is 0 Å². The summed E-state index contributed by atoms with van der Waals surface area (Å²) in [7, 11) is -3.50. The highest BCUT2D eigenvalue weighted by Crippen LogP contribution is 2.29. The average molecular weight is 439 g/mol. The summed E-state index contributed by atoms with van der Waals surface area (Å²) in [6, 6.07) is 14.8. The number of carbonyl (C=O) groups is 1. The van der Waals surface area contributed by atoms with Gasteiger partial charge in [0.2, 0.25) is 5.91 Å². The Morgan fingerprint density at radius 2 is 1.87 bits per heavy atom. The highest BCUT2D eigenvalue weighted by Gasteiger charge is 2.31. The minimum absolute atomic E-state index is 0.0674. The smallest absolute Gasteiger partial charge is 0.223 e. The van der Waals surface area contributed by atoms with Crippen LogP contribution in [-0.4, -0.2) is 35.5 Å². The molecule has 0 bridgehead atoms. The molecule has 31 heavy (non-hydrogen) atoms. The molecule has 0 aliphatic heterocycles. The second kappa shape index (κ2) is 8.26. The van der Waals surface area contributed by atoms with Crippen LogP contribution in [0.1, 0.15) is 37.9 Å². The van der Waals surface area contributed by atoms with Gasteiger partial charge in [-0.05, 0) is 47.7 Å². The number of hydrogen-bond donors (Lipinski definition) is 2. The standard InChI is InChI=1S/C23H26N4O3S/c1-23(2,21-14-25-27-26-21)15-31(29,30)20-10-8-17(9-11-20)19-5-3-4-16(12-19)13-24-22(28)18-6-7-18/h3-5,8-12,14,18H,6-7,13,15H2,1-2H3,(H,24,28)(H,25,26,27). The molecule has 1 fully saturated rings. The molecule has 1 saturated carbocycles. The number of nitrogens with one attached hydrogen (secondary N) is 2. The summed E-state index contributed by atoms with van der Waals surface area (Å²) < 4.78 is 25.9. The van der Waals surface area contributed by atoms with Crippen molar-refractivity contribution in [3.05, 3.63) is 66.0 Å². The minimum atomic E-state index is -3.50. The van der Waals surface area contributed by atoms with Crippen LogP contribution in [-0.2, 0) is 26.6 Å². The minimum Gasteiger partial charge on any atom is -0.352 e. The van der Waals surface area contributed by atoms with Crippen molar-refractivity contribution in [1.82, 2.24) is 20.7 Å². The number of H-pyrrole nitrogens is 1. The Morgan fingerprint density at radius 1 is 1.13 bits per heavy atom. The molecular weight excluding hydrogens is 412 g/mol. The molecule has 162 valence electrons. The molecule has 3 aromatic rings. The normalized spacial score (nSPS) is 14.4. The Bertz CT molecular complexity index is 1170. The summed E-state index contributed by atoms with van der Waals surface area (Å²) in [6.45, 7) is 4.17. The van der Waals surface area contributed by atoms with Crippen molar-refractivity contribution in [2.45, 2.75) is 43.5 Å². The number of rotatable bonds is 8. The van der Waals surface area contributed by atoms with E-state index in [0.717, 1.165) is 29.5 Å². The van der Waals surface area contributed by atoms with E-state index >= 15 is 0 Å². The van der Waals surface area contributed by atoms with Gasteiger partial charge >= 0.3 is 0 Å². The molecule has 0 atom stereocenters. The zero-order valence-corrected chi connectivity index (χ0v) is 18.4. The second-order valence-corrected chi connectivity index (χ2v) is 10.7. The van der Waals surface area contributed by atoms with E-state index in [9.17, 15) is 13.2 Å². The maximum Gasteiger partial charge on any atom is 0.223 e. The first-order chi connectivity index (χ1) is 14.7. The predicted octanol–water partition coefficient (Wildman–Crippen LogP) is 3.25. The molecule has 4 rings (SSSR count). The van der Waals surface area contributed by atoms with Gasteiger partial charge in [-0.1, -0.05) is 44.2 Å². The summed E-state index contributed by atoms with van der Waals surface area (Å²) in [5.74, 6) is 0.239. The molecule has 2 aromatic carbocycles. The van der Waals surface area contributed by atoms with Gasteiger partial charge in [0, 0.05) is 17.9 Å². The second-order valence-electron chi connectivity index (χ2n) is 8.72. The Labute approximate surface area is 182 Å². The molecule has 1 amide bonds. The van der Waals surface area contributed by atoms with Crippen molar-refractivity contribution in [3.8, 4) is 11.1 Å². The van der Waals surface area contributed by atoms with Gasteiger partial charge in [-0.15, -0.1) is 0 Å². The molecule has 2 N–H and O–H groups in total. The quantitative estimate of drug-likeness (QED) is 0.562. The summed E-state index contributed by atoms with van der Waals surface area (Å²) in [5.41, 5.74) is 2.86. The first-order valence-corrected chi connectivity index (χ1v) is 12.0. The largest absolute Gasteiger partial charge is 0.352 e. The Kier molecular flexibility index (Phi) is 5.66. The lowest BCUT2D eigenvalue weighted by atomic mass is 9.93. The van der Waals surface area contributed by atoms with Gasteiger partial charge in [-0.2, -0.15) is 15.4 Å². The molecule has 0 radical (unpaired) electrons. The van der Waals surface area contributed by atoms with E-state index in [2.05, 4.69) is 20.7 Å². The third kappa shape index (κ3) is 5.02. The van der Waals surface area contributed by atoms with Gasteiger partial charge in [0.15, 0.2) is 9.84 Å². The zero-order chi connectivity index (χ0) is 22.1. The number of amides is 1. The molecule has 0 saturated heterocycles. The van der Waals surface area contributed by atoms with E-state index in [1.165, 1.54) is 0 Å². The molecule has 7 nitrogen and oxygen atoms in total. The summed E-state index contributed by atoms with van der Waals surface area (Å²) >= 11 is 0. The maximum atomic E-state index is 13.0. The SMILES string of the molecule is CC(C)(CS(=O)(=O)c1ccc(-c2cccc(CNC(=O)C3CC3)c2)cc1)c1cn[nH]n1. The van der Waals surface area contributed by atoms with Crippen molar-refractivity contribution in [3.63, 3.8) is 0 Å². The van der Waals surface area contributed by atoms with Gasteiger partial charge in [0.1, 0.15) is 0 Å². The lowest BCUT2D eigenvalue weighted by molar-refractivity contribution is -0.122. The first-order valence-electron chi connectivity index (χ1n) is 10.3. The first kappa shape index (κ1) is 21.2. The van der Waals surface area contributed by atoms with E-state index in [4.69, 9.17) is 0 Å². The van der Waals surface area contributed by atoms with E-state index in [1.807, 2.05) is 50.2 Å². The molecular formula is C23H26N4O3S. The Balaban J connectivity index is 1.47. The van der Waals surface area contributed by atoms with E-state index in [1.54, 1.807) is 18.3 Å². The number of sulfone groups is 1. The molecule has 1 aliphatic rings. The van der Waals surface area contributed by atoms with Crippen molar-refractivity contribution in [2.24, 2.45) is 5.92 Å². The van der Waals surface area contributed by atoms with Crippen LogP contribution >= 0.6 is 0 Å². The van der Waals surface area contributed by atoms with Crippen molar-refractivity contribution in [2.75, 3.05) is 5.75 Å². The average Bonchev–Trinajstić information content (AvgIpc) is 3.44. The summed E-state index contributed by atoms with van der Waals surface area (Å²) in [4.78, 5) is 12.1. The highest BCUT2D eigenvalue weighted by molar-refractivity contribution is 7.91. The fraction of sp³-hybridized carbons (Fsp3) is 0.348. The van der Waals surface area contributed by atoms with E-state index < -0.39 is 15.3 Å². The molecule has 1 aliphatic carbocycles. The van der Waals surface area contributed by atoms with E-state index in [0.29, 0.717) is 12.2 Å². The van der Waals surface area contributed by atoms with Gasteiger partial charge in [0.05, 0.1) is 22.5 Å². The maximum absolute atomic E-state index is 13.0. The topological polar surface area (TPSA) is 105 Å². The van der Waals surface area contributed by atoms with Gasteiger partial charge in [-0.3, -0.25) is 4.79 Å². The fourth-order valence-corrected chi connectivity index (χ4v) is 5.37. The van der Waals surface area contributed by atoms with Crippen molar-refractivity contribution >= 4 is 15.7 Å². The van der Waals surface area contributed by atoms with Crippen LogP contribution in [0.15, 0.2) is 59.6 Å². The number of hydrogen-bond acceptors (Lipinski definition) is 5. The van der Waals surface area contributed by atoms with E-state index in [-0.39, 0.29) is 22.5 Å². The highest BCUT2D eigenvalue weighted by atomic mass is 32.2. The van der Waals surface area contributed by atoms with Crippen LogP contribution in [0.5, 0.6) is 0 Å². The third-order valence-electron chi connectivity index (χ3n) is 5.55. The predicted molar refractivity (Wildman–Crippen MR) is 118 cm³/mol. The number of aromatic nitrogens is 3. The molecule has 0 spiro atoms. The third-order valence-corrected chi connectivity index (χ3v) is 7.64. The lowest BCUT2D eigenvalue weighted by Gasteiger charge is -2.21. The molecule has 0 unspecified atom stereocenters. The van der Waals surface area contributed by atoms with Gasteiger partial charge < -0.3 is 5.32 Å². The molecule has 1 aromatic heterocycles. The van der Waals surface area contributed by atoms with Crippen LogP contribution in [0.2, 0.25) is 0 Å². The number of carbonyl (C=O) groups excluding carboxylic acids is 1. The van der Waals surface area contributed by atoms with Crippen molar-refractivity contribution in [1.29, 1.82) is 0 Å². The Morgan fingerprint density at radius 3 is 2.52 bits per heavy atom. The molecule has 1 heterocycles. The van der Waals surface area contributed by atoms with Crippen molar-refractivity contribution < 1.29 is 13.2 Å². The fourth-order valence-electron chi connectivity index (χ4n) is 3.55. The van der Waals surface area contributed by atoms with Crippen LogP contribution < -0.4 is 5.32 Å². The van der Waals surface area contributed by atoms with Crippen LogP contribution in [0, 0.1) is 5.92 Å². The lowest BCUT2D eigenvalue weighted by Crippen LogP contribution is -2.28. The zero-order valence-electron chi connectivity index (χ0n) is 17.6. The van der Waals surface area contributed by atoms with Crippen LogP contribution in [0.25, 0.3) is 11.1 Å². The molecule has 8 heteroatoms.